The molecular formula is C19H19BrF3NO2. The minimum absolute atomic E-state index is 0.0369. The third-order valence-corrected chi connectivity index (χ3v) is 4.72. The van der Waals surface area contributed by atoms with Crippen molar-refractivity contribution < 1.29 is 18.0 Å². The zero-order chi connectivity index (χ0) is 19.3. The van der Waals surface area contributed by atoms with Gasteiger partial charge in [-0.25, -0.2) is 0 Å². The predicted octanol–water partition coefficient (Wildman–Crippen LogP) is 5.24. The van der Waals surface area contributed by atoms with E-state index in [0.29, 0.717) is 5.56 Å². The van der Waals surface area contributed by atoms with E-state index in [9.17, 15) is 22.8 Å². The van der Waals surface area contributed by atoms with E-state index in [1.165, 1.54) is 22.9 Å². The van der Waals surface area contributed by atoms with E-state index in [4.69, 9.17) is 0 Å². The van der Waals surface area contributed by atoms with Crippen molar-refractivity contribution in [2.75, 3.05) is 0 Å². The van der Waals surface area contributed by atoms with Gasteiger partial charge >= 0.3 is 6.18 Å². The van der Waals surface area contributed by atoms with Gasteiger partial charge in [-0.3, -0.25) is 9.59 Å². The summed E-state index contributed by atoms with van der Waals surface area (Å²) in [7, 11) is 1.55. The largest absolute Gasteiger partial charge is 0.389 e. The average molecular weight is 430 g/mol. The summed E-state index contributed by atoms with van der Waals surface area (Å²) < 4.78 is 39.6. The highest BCUT2D eigenvalue weighted by molar-refractivity contribution is 9.10. The Bertz CT molecular complexity index is 813. The fraction of sp³-hybridized carbons (Fsp3) is 0.368. The number of benzene rings is 1. The normalized spacial score (nSPS) is 12.8. The zero-order valence-electron chi connectivity index (χ0n) is 14.2. The summed E-state index contributed by atoms with van der Waals surface area (Å²) in [5.74, 6) is -0.504. The topological polar surface area (TPSA) is 39.1 Å². The minimum Gasteiger partial charge on any atom is -0.318 e. The van der Waals surface area contributed by atoms with E-state index in [1.54, 1.807) is 7.05 Å². The van der Waals surface area contributed by atoms with Crippen LogP contribution in [0.15, 0.2) is 51.9 Å². The van der Waals surface area contributed by atoms with Crippen LogP contribution in [0, 0.1) is 0 Å². The number of pyridine rings is 1. The molecular weight excluding hydrogens is 411 g/mol. The Morgan fingerprint density at radius 3 is 2.38 bits per heavy atom. The number of ketones is 1. The molecule has 1 aromatic heterocycles. The molecule has 0 saturated heterocycles. The molecule has 0 aliphatic rings. The molecule has 7 heteroatoms. The van der Waals surface area contributed by atoms with Crippen LogP contribution >= 0.6 is 15.9 Å². The predicted molar refractivity (Wildman–Crippen MR) is 97.4 cm³/mol. The average Bonchev–Trinajstić information content (AvgIpc) is 2.56. The number of rotatable bonds is 7. The van der Waals surface area contributed by atoms with E-state index >= 15 is 0 Å². The number of hydrogen-bond acceptors (Lipinski definition) is 2. The summed E-state index contributed by atoms with van der Waals surface area (Å²) in [6.45, 7) is 0. The summed E-state index contributed by atoms with van der Waals surface area (Å²) in [5, 5.41) is 0. The maximum Gasteiger partial charge on any atom is 0.389 e. The Balaban J connectivity index is 2.16. The van der Waals surface area contributed by atoms with Gasteiger partial charge in [0.1, 0.15) is 0 Å². The molecule has 1 unspecified atom stereocenters. The molecule has 0 fully saturated rings. The summed E-state index contributed by atoms with van der Waals surface area (Å²) in [5.41, 5.74) is 0.981. The van der Waals surface area contributed by atoms with Crippen LogP contribution in [0.4, 0.5) is 13.2 Å². The van der Waals surface area contributed by atoms with Crippen molar-refractivity contribution in [2.45, 2.75) is 37.8 Å². The lowest BCUT2D eigenvalue weighted by atomic mass is 9.87. The van der Waals surface area contributed by atoms with E-state index < -0.39 is 12.6 Å². The van der Waals surface area contributed by atoms with Crippen LogP contribution in [0.2, 0.25) is 0 Å². The molecule has 0 amide bonds. The van der Waals surface area contributed by atoms with Gasteiger partial charge in [0.05, 0.1) is 0 Å². The van der Waals surface area contributed by atoms with Crippen LogP contribution in [-0.4, -0.2) is 16.5 Å². The third kappa shape index (κ3) is 6.12. The van der Waals surface area contributed by atoms with Gasteiger partial charge in [0.25, 0.3) is 0 Å². The lowest BCUT2D eigenvalue weighted by Crippen LogP contribution is -2.17. The lowest BCUT2D eigenvalue weighted by molar-refractivity contribution is -0.135. The van der Waals surface area contributed by atoms with Gasteiger partial charge in [0.15, 0.2) is 5.78 Å². The first-order valence-corrected chi connectivity index (χ1v) is 8.97. The van der Waals surface area contributed by atoms with Crippen molar-refractivity contribution in [3.05, 3.63) is 68.5 Å². The molecule has 0 saturated carbocycles. The number of alkyl halides is 3. The Kier molecular flexibility index (Phi) is 6.81. The molecule has 26 heavy (non-hydrogen) atoms. The van der Waals surface area contributed by atoms with Crippen LogP contribution in [0.1, 0.15) is 47.5 Å². The number of halogens is 4. The van der Waals surface area contributed by atoms with Crippen LogP contribution in [0.25, 0.3) is 0 Å². The van der Waals surface area contributed by atoms with Gasteiger partial charge in [0, 0.05) is 42.2 Å². The molecule has 0 spiro atoms. The van der Waals surface area contributed by atoms with Crippen molar-refractivity contribution in [3.63, 3.8) is 0 Å². The van der Waals surface area contributed by atoms with Crippen LogP contribution in [0.5, 0.6) is 0 Å². The van der Waals surface area contributed by atoms with Crippen molar-refractivity contribution in [1.82, 2.24) is 4.57 Å². The molecule has 0 aliphatic heterocycles. The SMILES string of the molecule is Cn1cc(C(=O)CC(CCCC(F)(F)F)c2ccc(Br)cc2)ccc1=O. The highest BCUT2D eigenvalue weighted by atomic mass is 79.9. The second-order valence-electron chi connectivity index (χ2n) is 6.25. The number of Topliss-reactive ketones (excluding diaryl/α,β-unsaturated/α-hetero) is 1. The molecule has 0 aliphatic carbocycles. The minimum atomic E-state index is -4.20. The maximum atomic E-state index is 12.6. The van der Waals surface area contributed by atoms with Crippen LogP contribution < -0.4 is 5.56 Å². The van der Waals surface area contributed by atoms with Gasteiger partial charge < -0.3 is 4.57 Å². The molecule has 1 heterocycles. The van der Waals surface area contributed by atoms with Crippen molar-refractivity contribution >= 4 is 21.7 Å². The fourth-order valence-corrected chi connectivity index (χ4v) is 3.04. The quantitative estimate of drug-likeness (QED) is 0.564. The molecule has 3 nitrogen and oxygen atoms in total. The molecule has 140 valence electrons. The number of carbonyl (C=O) groups is 1. The highest BCUT2D eigenvalue weighted by Gasteiger charge is 2.27. The van der Waals surface area contributed by atoms with Gasteiger partial charge in [-0.2, -0.15) is 13.2 Å². The van der Waals surface area contributed by atoms with Gasteiger partial charge in [-0.1, -0.05) is 28.1 Å². The molecule has 0 radical (unpaired) electrons. The first-order valence-electron chi connectivity index (χ1n) is 8.18. The second-order valence-corrected chi connectivity index (χ2v) is 7.17. The summed E-state index contributed by atoms with van der Waals surface area (Å²) >= 11 is 3.33. The van der Waals surface area contributed by atoms with E-state index in [2.05, 4.69) is 15.9 Å². The Morgan fingerprint density at radius 2 is 1.81 bits per heavy atom. The Morgan fingerprint density at radius 1 is 1.15 bits per heavy atom. The smallest absolute Gasteiger partial charge is 0.318 e. The van der Waals surface area contributed by atoms with Crippen LogP contribution in [0.3, 0.4) is 0 Å². The number of aryl methyl sites for hydroxylation is 1. The molecule has 1 aromatic carbocycles. The number of nitrogens with zero attached hydrogens (tertiary/aromatic N) is 1. The standard InChI is InChI=1S/C19H19BrF3NO2/c1-24-12-15(6-9-18(24)26)17(25)11-14(3-2-10-19(21,22)23)13-4-7-16(20)8-5-13/h4-9,12,14H,2-3,10-11H2,1H3. The van der Waals surface area contributed by atoms with E-state index in [1.807, 2.05) is 24.3 Å². The van der Waals surface area contributed by atoms with Gasteiger partial charge in [0.2, 0.25) is 5.56 Å². The van der Waals surface area contributed by atoms with Crippen molar-refractivity contribution in [3.8, 4) is 0 Å². The lowest BCUT2D eigenvalue weighted by Gasteiger charge is -2.18. The molecule has 0 N–H and O–H groups in total. The number of hydrogen-bond donors (Lipinski definition) is 0. The molecule has 0 bridgehead atoms. The number of aromatic nitrogens is 1. The number of carbonyl (C=O) groups excluding carboxylic acids is 1. The van der Waals surface area contributed by atoms with Gasteiger partial charge in [-0.05, 0) is 42.5 Å². The summed E-state index contributed by atoms with van der Waals surface area (Å²) in [6.07, 6.45) is -3.29. The third-order valence-electron chi connectivity index (χ3n) is 4.19. The van der Waals surface area contributed by atoms with E-state index in [-0.39, 0.29) is 36.5 Å². The highest BCUT2D eigenvalue weighted by Crippen LogP contribution is 2.31. The molecule has 1 atom stereocenters. The Labute approximate surface area is 158 Å². The van der Waals surface area contributed by atoms with Crippen molar-refractivity contribution in [2.24, 2.45) is 7.05 Å². The summed E-state index contributed by atoms with van der Waals surface area (Å²) in [4.78, 5) is 24.0. The second kappa shape index (κ2) is 8.66. The first kappa shape index (κ1) is 20.4. The van der Waals surface area contributed by atoms with Gasteiger partial charge in [-0.15, -0.1) is 0 Å². The van der Waals surface area contributed by atoms with Crippen molar-refractivity contribution in [1.29, 1.82) is 0 Å². The van der Waals surface area contributed by atoms with Crippen LogP contribution in [-0.2, 0) is 7.05 Å². The monoisotopic (exact) mass is 429 g/mol. The molecule has 2 aromatic rings. The fourth-order valence-electron chi connectivity index (χ4n) is 2.77. The summed E-state index contributed by atoms with van der Waals surface area (Å²) in [6, 6.07) is 10.0. The molecule has 2 rings (SSSR count). The maximum absolute atomic E-state index is 12.6. The first-order chi connectivity index (χ1) is 12.2. The van der Waals surface area contributed by atoms with E-state index in [0.717, 1.165) is 10.0 Å². The Hall–Kier alpha value is -1.89. The zero-order valence-corrected chi connectivity index (χ0v) is 15.8.